The zero-order valence-electron chi connectivity index (χ0n) is 14.8. The molecule has 0 aromatic heterocycles. The molecule has 0 radical (unpaired) electrons. The van der Waals surface area contributed by atoms with Gasteiger partial charge in [0, 0.05) is 11.5 Å². The molecule has 0 heterocycles. The van der Waals surface area contributed by atoms with E-state index in [4.69, 9.17) is 9.90 Å². The Balaban J connectivity index is 0.000000821. The summed E-state index contributed by atoms with van der Waals surface area (Å²) in [6, 6.07) is 9.67. The summed E-state index contributed by atoms with van der Waals surface area (Å²) in [7, 11) is 3.64. The van der Waals surface area contributed by atoms with E-state index in [0.717, 1.165) is 5.56 Å². The van der Waals surface area contributed by atoms with Crippen molar-refractivity contribution in [3.8, 4) is 0 Å². The summed E-state index contributed by atoms with van der Waals surface area (Å²) >= 11 is 8.54. The van der Waals surface area contributed by atoms with Crippen molar-refractivity contribution in [2.24, 2.45) is 0 Å². The lowest BCUT2D eigenvalue weighted by atomic mass is 10.00. The number of alkyl halides is 3. The molecule has 0 spiro atoms. The average molecular weight is 428 g/mol. The van der Waals surface area contributed by atoms with E-state index in [1.54, 1.807) is 7.05 Å². The Bertz CT molecular complexity index is 573. The molecular weight excluding hydrogens is 403 g/mol. The van der Waals surface area contributed by atoms with Gasteiger partial charge >= 0.3 is 12.1 Å². The zero-order valence-corrected chi connectivity index (χ0v) is 16.6. The summed E-state index contributed by atoms with van der Waals surface area (Å²) in [4.78, 5) is 21.0. The van der Waals surface area contributed by atoms with Gasteiger partial charge < -0.3 is 21.1 Å². The van der Waals surface area contributed by atoms with Crippen molar-refractivity contribution in [3.63, 3.8) is 0 Å². The van der Waals surface area contributed by atoms with Crippen LogP contribution in [-0.2, 0) is 9.59 Å². The van der Waals surface area contributed by atoms with Gasteiger partial charge in [0.25, 0.3) is 0 Å². The van der Waals surface area contributed by atoms with Gasteiger partial charge in [-0.1, -0.05) is 30.3 Å². The highest BCUT2D eigenvalue weighted by atomic mass is 32.1. The fourth-order valence-electron chi connectivity index (χ4n) is 2.08. The van der Waals surface area contributed by atoms with E-state index < -0.39 is 12.1 Å². The van der Waals surface area contributed by atoms with E-state index in [-0.39, 0.29) is 24.0 Å². The minimum absolute atomic E-state index is 0.0232. The molecule has 1 unspecified atom stereocenters. The highest BCUT2D eigenvalue weighted by Crippen LogP contribution is 2.17. The predicted molar refractivity (Wildman–Crippen MR) is 104 cm³/mol. The minimum Gasteiger partial charge on any atom is -0.475 e. The first-order chi connectivity index (χ1) is 12.6. The van der Waals surface area contributed by atoms with Crippen LogP contribution in [0.15, 0.2) is 30.3 Å². The number of nitrogens with one attached hydrogen (secondary N) is 3. The van der Waals surface area contributed by atoms with Crippen LogP contribution in [-0.4, -0.2) is 60.8 Å². The number of benzene rings is 1. The van der Waals surface area contributed by atoms with Crippen LogP contribution in [0.5, 0.6) is 0 Å². The van der Waals surface area contributed by atoms with Gasteiger partial charge in [-0.3, -0.25) is 4.79 Å². The van der Waals surface area contributed by atoms with E-state index in [9.17, 15) is 18.0 Å². The summed E-state index contributed by atoms with van der Waals surface area (Å²) in [5, 5.41) is 16.3. The van der Waals surface area contributed by atoms with Crippen molar-refractivity contribution in [1.29, 1.82) is 0 Å². The van der Waals surface area contributed by atoms with Gasteiger partial charge in [-0.2, -0.15) is 38.4 Å². The highest BCUT2D eigenvalue weighted by Gasteiger charge is 2.38. The van der Waals surface area contributed by atoms with Gasteiger partial charge in [0.15, 0.2) is 0 Å². The molecule has 3 atom stereocenters. The molecule has 1 aromatic carbocycles. The number of amides is 1. The van der Waals surface area contributed by atoms with Crippen LogP contribution in [0.2, 0.25) is 0 Å². The van der Waals surface area contributed by atoms with Gasteiger partial charge in [-0.05, 0) is 19.7 Å². The third-order valence-electron chi connectivity index (χ3n) is 3.49. The molecule has 0 saturated carbocycles. The van der Waals surface area contributed by atoms with E-state index in [1.807, 2.05) is 37.4 Å². The van der Waals surface area contributed by atoms with Crippen molar-refractivity contribution >= 4 is 37.1 Å². The van der Waals surface area contributed by atoms with Gasteiger partial charge in [0.1, 0.15) is 0 Å². The Kier molecular flexibility index (Phi) is 12.2. The van der Waals surface area contributed by atoms with Crippen LogP contribution >= 0.6 is 25.3 Å². The molecule has 6 nitrogen and oxygen atoms in total. The summed E-state index contributed by atoms with van der Waals surface area (Å²) in [6.07, 6.45) is -5.08. The van der Waals surface area contributed by atoms with E-state index in [1.165, 1.54) is 0 Å². The topological polar surface area (TPSA) is 90.5 Å². The molecule has 0 bridgehead atoms. The molecule has 0 saturated heterocycles. The van der Waals surface area contributed by atoms with Crippen LogP contribution in [0.25, 0.3) is 0 Å². The second kappa shape index (κ2) is 12.9. The monoisotopic (exact) mass is 427 g/mol. The first kappa shape index (κ1) is 25.6. The Labute approximate surface area is 167 Å². The van der Waals surface area contributed by atoms with E-state index >= 15 is 0 Å². The summed E-state index contributed by atoms with van der Waals surface area (Å²) < 4.78 is 31.7. The smallest absolute Gasteiger partial charge is 0.475 e. The average Bonchev–Trinajstić information content (AvgIpc) is 2.63. The molecule has 0 aliphatic rings. The number of likely N-dealkylation sites (N-methyl/N-ethyl adjacent to an activating group) is 2. The van der Waals surface area contributed by atoms with Gasteiger partial charge in [-0.25, -0.2) is 4.79 Å². The lowest BCUT2D eigenvalue weighted by Gasteiger charge is -2.28. The second-order valence-corrected chi connectivity index (χ2v) is 6.03. The number of carbonyl (C=O) groups excluding carboxylic acids is 1. The minimum atomic E-state index is -5.08. The number of rotatable bonds is 8. The fourth-order valence-corrected chi connectivity index (χ4v) is 2.73. The molecule has 1 amide bonds. The van der Waals surface area contributed by atoms with Crippen molar-refractivity contribution in [1.82, 2.24) is 16.0 Å². The van der Waals surface area contributed by atoms with Crippen LogP contribution < -0.4 is 16.0 Å². The number of aliphatic carboxylic acids is 1. The Hall–Kier alpha value is -1.43. The molecule has 4 N–H and O–H groups in total. The Morgan fingerprint density at radius 1 is 1.07 bits per heavy atom. The summed E-state index contributed by atoms with van der Waals surface area (Å²) in [6.45, 7) is 0. The van der Waals surface area contributed by atoms with E-state index in [2.05, 4.69) is 41.2 Å². The van der Waals surface area contributed by atoms with Gasteiger partial charge in [-0.15, -0.1) is 0 Å². The lowest BCUT2D eigenvalue weighted by molar-refractivity contribution is -0.192. The van der Waals surface area contributed by atoms with Crippen molar-refractivity contribution in [3.05, 3.63) is 35.9 Å². The highest BCUT2D eigenvalue weighted by molar-refractivity contribution is 7.80. The molecule has 0 fully saturated rings. The maximum Gasteiger partial charge on any atom is 0.490 e. The van der Waals surface area contributed by atoms with Crippen LogP contribution in [0.1, 0.15) is 11.6 Å². The van der Waals surface area contributed by atoms with Gasteiger partial charge in [0.2, 0.25) is 5.91 Å². The second-order valence-electron chi connectivity index (χ2n) is 5.30. The first-order valence-corrected chi connectivity index (χ1v) is 9.10. The third kappa shape index (κ3) is 9.36. The van der Waals surface area contributed by atoms with Crippen molar-refractivity contribution < 1.29 is 27.9 Å². The first-order valence-electron chi connectivity index (χ1n) is 7.84. The van der Waals surface area contributed by atoms with Crippen molar-refractivity contribution in [2.75, 3.05) is 25.6 Å². The van der Waals surface area contributed by atoms with E-state index in [0.29, 0.717) is 11.5 Å². The number of carboxylic acids is 1. The molecule has 1 rings (SSSR count). The quantitative estimate of drug-likeness (QED) is 0.354. The number of hydrogen-bond acceptors (Lipinski definition) is 6. The lowest BCUT2D eigenvalue weighted by Crippen LogP contribution is -2.52. The SMILES string of the molecule is CN[C@@H](CS)C(=O)NC(CS)[C@H](NC)c1ccccc1.O=C(O)C(F)(F)F. The number of thiol groups is 2. The Morgan fingerprint density at radius 3 is 1.93 bits per heavy atom. The van der Waals surface area contributed by atoms with Crippen molar-refractivity contribution in [2.45, 2.75) is 24.3 Å². The molecule has 154 valence electrons. The maximum absolute atomic E-state index is 12.1. The molecule has 1 aromatic rings. The van der Waals surface area contributed by atoms with Crippen LogP contribution in [0, 0.1) is 0 Å². The number of hydrogen-bond donors (Lipinski definition) is 6. The standard InChI is InChI=1S/C14H23N3OS2.C2HF3O2/c1-15-12(9-20)14(18)17-11(8-19)13(16-2)10-6-4-3-5-7-10;3-2(4,5)1(6)7/h3-7,11-13,15-16,19-20H,8-9H2,1-2H3,(H,17,18);(H,6,7)/t11?,12-,13+;/m0./s1. The maximum atomic E-state index is 12.1. The van der Waals surface area contributed by atoms with Crippen LogP contribution in [0.3, 0.4) is 0 Å². The normalized spacial score (nSPS) is 14.3. The number of carboxylic acid groups (broad SMARTS) is 1. The summed E-state index contributed by atoms with van der Waals surface area (Å²) in [5.41, 5.74) is 1.13. The molecular formula is C16H24F3N3O3S2. The number of halogens is 3. The Morgan fingerprint density at radius 2 is 1.59 bits per heavy atom. The molecule has 11 heteroatoms. The predicted octanol–water partition coefficient (Wildman–Crippen LogP) is 1.51. The van der Waals surface area contributed by atoms with Gasteiger partial charge in [0.05, 0.1) is 18.1 Å². The fraction of sp³-hybridized carbons (Fsp3) is 0.500. The number of carbonyl (C=O) groups is 2. The molecule has 0 aliphatic heterocycles. The molecule has 27 heavy (non-hydrogen) atoms. The largest absolute Gasteiger partial charge is 0.490 e. The van der Waals surface area contributed by atoms with Crippen LogP contribution in [0.4, 0.5) is 13.2 Å². The molecule has 0 aliphatic carbocycles. The third-order valence-corrected chi connectivity index (χ3v) is 4.24. The summed E-state index contributed by atoms with van der Waals surface area (Å²) in [5.74, 6) is -1.81. The zero-order chi connectivity index (χ0) is 21.0.